The van der Waals surface area contributed by atoms with Crippen LogP contribution in [0.1, 0.15) is 16.7 Å². The number of rotatable bonds is 3. The number of hydrogen-bond donors (Lipinski definition) is 2. The van der Waals surface area contributed by atoms with Crippen LogP contribution in [0.25, 0.3) is 0 Å². The Labute approximate surface area is 116 Å². The van der Waals surface area contributed by atoms with Gasteiger partial charge in [-0.15, -0.1) is 0 Å². The Kier molecular flexibility index (Phi) is 3.96. The molecule has 0 aliphatic heterocycles. The summed E-state index contributed by atoms with van der Waals surface area (Å²) < 4.78 is 13.0. The zero-order valence-corrected chi connectivity index (χ0v) is 11.6. The third-order valence-electron chi connectivity index (χ3n) is 2.97. The molecule has 0 amide bonds. The van der Waals surface area contributed by atoms with Crippen LogP contribution in [0.15, 0.2) is 30.3 Å². The summed E-state index contributed by atoms with van der Waals surface area (Å²) in [6.07, 6.45) is 0. The molecule has 0 saturated carbocycles. The van der Waals surface area contributed by atoms with Crippen molar-refractivity contribution >= 4 is 17.3 Å². The lowest BCUT2D eigenvalue weighted by atomic mass is 10.1. The number of halogens is 2. The smallest absolute Gasteiger partial charge is 0.141 e. The zero-order chi connectivity index (χ0) is 14.0. The van der Waals surface area contributed by atoms with Crippen molar-refractivity contribution in [1.82, 2.24) is 0 Å². The summed E-state index contributed by atoms with van der Waals surface area (Å²) in [6, 6.07) is 8.36. The van der Waals surface area contributed by atoms with Crippen LogP contribution in [0.4, 0.5) is 10.1 Å². The van der Waals surface area contributed by atoms with Crippen molar-refractivity contribution in [3.8, 4) is 5.75 Å². The fourth-order valence-electron chi connectivity index (χ4n) is 1.96. The van der Waals surface area contributed by atoms with E-state index >= 15 is 0 Å². The van der Waals surface area contributed by atoms with E-state index in [2.05, 4.69) is 5.32 Å². The van der Waals surface area contributed by atoms with Gasteiger partial charge in [-0.2, -0.15) is 0 Å². The van der Waals surface area contributed by atoms with Crippen LogP contribution >= 0.6 is 11.6 Å². The van der Waals surface area contributed by atoms with Crippen LogP contribution in [0.5, 0.6) is 5.75 Å². The summed E-state index contributed by atoms with van der Waals surface area (Å²) in [5, 5.41) is 13.0. The van der Waals surface area contributed by atoms with Crippen molar-refractivity contribution in [3.63, 3.8) is 0 Å². The molecule has 4 heteroatoms. The van der Waals surface area contributed by atoms with Gasteiger partial charge in [-0.25, -0.2) is 4.39 Å². The second-order valence-electron chi connectivity index (χ2n) is 4.56. The second-order valence-corrected chi connectivity index (χ2v) is 4.97. The Morgan fingerprint density at radius 2 is 1.79 bits per heavy atom. The molecule has 2 aromatic rings. The van der Waals surface area contributed by atoms with Crippen molar-refractivity contribution < 1.29 is 9.50 Å². The quantitative estimate of drug-likeness (QED) is 0.872. The van der Waals surface area contributed by atoms with Crippen LogP contribution in [0, 0.1) is 19.7 Å². The SMILES string of the molecule is Cc1cc(CNc2ccc(F)c(Cl)c2)cc(C)c1O. The molecule has 2 aromatic carbocycles. The molecule has 0 bridgehead atoms. The standard InChI is InChI=1S/C15H15ClFNO/c1-9-5-11(6-10(2)15(9)19)8-18-12-3-4-14(17)13(16)7-12/h3-7,18-19H,8H2,1-2H3. The highest BCUT2D eigenvalue weighted by Gasteiger charge is 2.04. The van der Waals surface area contributed by atoms with Gasteiger partial charge in [-0.05, 0) is 48.7 Å². The fourth-order valence-corrected chi connectivity index (χ4v) is 2.14. The summed E-state index contributed by atoms with van der Waals surface area (Å²) in [5.41, 5.74) is 3.49. The maximum atomic E-state index is 13.0. The minimum absolute atomic E-state index is 0.100. The van der Waals surface area contributed by atoms with Crippen molar-refractivity contribution in [2.75, 3.05) is 5.32 Å². The van der Waals surface area contributed by atoms with E-state index in [4.69, 9.17) is 11.6 Å². The van der Waals surface area contributed by atoms with E-state index in [0.29, 0.717) is 12.3 Å². The van der Waals surface area contributed by atoms with Gasteiger partial charge in [-0.3, -0.25) is 0 Å². The summed E-state index contributed by atoms with van der Waals surface area (Å²) in [6.45, 7) is 4.31. The first-order valence-corrected chi connectivity index (χ1v) is 6.33. The summed E-state index contributed by atoms with van der Waals surface area (Å²) in [4.78, 5) is 0. The molecule has 0 aromatic heterocycles. The maximum absolute atomic E-state index is 13.0. The number of aryl methyl sites for hydroxylation is 2. The van der Waals surface area contributed by atoms with E-state index in [-0.39, 0.29) is 5.02 Å². The van der Waals surface area contributed by atoms with Crippen LogP contribution in [0.2, 0.25) is 5.02 Å². The summed E-state index contributed by atoms with van der Waals surface area (Å²) in [5.74, 6) is -0.0999. The average Bonchev–Trinajstić information content (AvgIpc) is 2.37. The second kappa shape index (κ2) is 5.49. The number of aromatic hydroxyl groups is 1. The van der Waals surface area contributed by atoms with Crippen molar-refractivity contribution in [2.24, 2.45) is 0 Å². The number of benzene rings is 2. The molecule has 100 valence electrons. The molecule has 0 radical (unpaired) electrons. The zero-order valence-electron chi connectivity index (χ0n) is 10.8. The number of phenolic OH excluding ortho intramolecular Hbond substituents is 1. The van der Waals surface area contributed by atoms with E-state index in [1.807, 2.05) is 26.0 Å². The van der Waals surface area contributed by atoms with Gasteiger partial charge in [0.15, 0.2) is 0 Å². The first kappa shape index (κ1) is 13.7. The summed E-state index contributed by atoms with van der Waals surface area (Å²) >= 11 is 5.72. The number of nitrogens with one attached hydrogen (secondary N) is 1. The van der Waals surface area contributed by atoms with Crippen LogP contribution in [-0.4, -0.2) is 5.11 Å². The molecule has 2 N–H and O–H groups in total. The minimum Gasteiger partial charge on any atom is -0.507 e. The van der Waals surface area contributed by atoms with Crippen molar-refractivity contribution in [2.45, 2.75) is 20.4 Å². The highest BCUT2D eigenvalue weighted by molar-refractivity contribution is 6.31. The molecule has 2 rings (SSSR count). The van der Waals surface area contributed by atoms with E-state index in [1.54, 1.807) is 12.1 Å². The molecule has 0 unspecified atom stereocenters. The molecule has 0 aliphatic carbocycles. The third-order valence-corrected chi connectivity index (χ3v) is 3.26. The van der Waals surface area contributed by atoms with E-state index < -0.39 is 5.82 Å². The minimum atomic E-state index is -0.427. The van der Waals surface area contributed by atoms with Crippen LogP contribution in [-0.2, 0) is 6.54 Å². The topological polar surface area (TPSA) is 32.3 Å². The number of phenols is 1. The number of anilines is 1. The first-order valence-electron chi connectivity index (χ1n) is 5.95. The molecule has 0 aliphatic rings. The lowest BCUT2D eigenvalue weighted by Gasteiger charge is -2.10. The monoisotopic (exact) mass is 279 g/mol. The lowest BCUT2D eigenvalue weighted by Crippen LogP contribution is -2.00. The van der Waals surface area contributed by atoms with Gasteiger partial charge in [0, 0.05) is 12.2 Å². The Morgan fingerprint density at radius 1 is 1.16 bits per heavy atom. The molecule has 0 heterocycles. The highest BCUT2D eigenvalue weighted by atomic mass is 35.5. The Hall–Kier alpha value is -1.74. The van der Waals surface area contributed by atoms with Gasteiger partial charge in [-0.1, -0.05) is 23.7 Å². The number of hydrogen-bond acceptors (Lipinski definition) is 2. The molecular formula is C15H15ClFNO. The molecule has 0 saturated heterocycles. The van der Waals surface area contributed by atoms with Gasteiger partial charge in [0.1, 0.15) is 11.6 Å². The van der Waals surface area contributed by atoms with E-state index in [1.165, 1.54) is 6.07 Å². The van der Waals surface area contributed by atoms with Gasteiger partial charge < -0.3 is 10.4 Å². The fraction of sp³-hybridized carbons (Fsp3) is 0.200. The van der Waals surface area contributed by atoms with Crippen molar-refractivity contribution in [1.29, 1.82) is 0 Å². The van der Waals surface area contributed by atoms with E-state index in [9.17, 15) is 9.50 Å². The molecule has 0 fully saturated rings. The molecular weight excluding hydrogens is 265 g/mol. The highest BCUT2D eigenvalue weighted by Crippen LogP contribution is 2.24. The van der Waals surface area contributed by atoms with Gasteiger partial charge in [0.25, 0.3) is 0 Å². The Bertz CT molecular complexity index is 590. The Balaban J connectivity index is 2.12. The molecule has 19 heavy (non-hydrogen) atoms. The van der Waals surface area contributed by atoms with Gasteiger partial charge in [0.05, 0.1) is 5.02 Å². The molecule has 0 atom stereocenters. The van der Waals surface area contributed by atoms with Crippen molar-refractivity contribution in [3.05, 3.63) is 57.9 Å². The first-order chi connectivity index (χ1) is 8.97. The summed E-state index contributed by atoms with van der Waals surface area (Å²) in [7, 11) is 0. The molecule has 2 nitrogen and oxygen atoms in total. The Morgan fingerprint density at radius 3 is 2.37 bits per heavy atom. The largest absolute Gasteiger partial charge is 0.507 e. The van der Waals surface area contributed by atoms with E-state index in [0.717, 1.165) is 22.4 Å². The maximum Gasteiger partial charge on any atom is 0.141 e. The average molecular weight is 280 g/mol. The normalized spacial score (nSPS) is 10.5. The van der Waals surface area contributed by atoms with Gasteiger partial charge >= 0.3 is 0 Å². The van der Waals surface area contributed by atoms with Crippen LogP contribution in [0.3, 0.4) is 0 Å². The van der Waals surface area contributed by atoms with Gasteiger partial charge in [0.2, 0.25) is 0 Å². The predicted molar refractivity (Wildman–Crippen MR) is 76.3 cm³/mol. The predicted octanol–water partition coefficient (Wildman–Crippen LogP) is 4.41. The molecule has 0 spiro atoms. The van der Waals surface area contributed by atoms with Crippen LogP contribution < -0.4 is 5.32 Å². The lowest BCUT2D eigenvalue weighted by molar-refractivity contribution is 0.466. The third kappa shape index (κ3) is 3.18.